The van der Waals surface area contributed by atoms with Crippen LogP contribution < -0.4 is 10.6 Å². The van der Waals surface area contributed by atoms with Crippen molar-refractivity contribution in [2.45, 2.75) is 76.7 Å². The van der Waals surface area contributed by atoms with Gasteiger partial charge in [-0.05, 0) is 52.0 Å². The second-order valence-electron chi connectivity index (χ2n) is 9.68. The average molecular weight is 446 g/mol. The summed E-state index contributed by atoms with van der Waals surface area (Å²) in [6, 6.07) is 8.71. The second kappa shape index (κ2) is 10.3. The maximum absolute atomic E-state index is 13.1. The summed E-state index contributed by atoms with van der Waals surface area (Å²) in [7, 11) is 1.39. The molecule has 1 aliphatic heterocycles. The van der Waals surface area contributed by atoms with Crippen molar-refractivity contribution >= 4 is 18.0 Å². The molecule has 3 rings (SSSR count). The number of hydrogen-bond donors (Lipinski definition) is 2. The van der Waals surface area contributed by atoms with E-state index in [0.717, 1.165) is 12.0 Å². The topological polar surface area (TPSA) is 97.0 Å². The molecule has 1 aromatic carbocycles. The van der Waals surface area contributed by atoms with Gasteiger partial charge in [0, 0.05) is 24.2 Å². The molecule has 1 heterocycles. The molecule has 0 spiro atoms. The lowest BCUT2D eigenvalue weighted by Gasteiger charge is -2.41. The van der Waals surface area contributed by atoms with Gasteiger partial charge in [-0.2, -0.15) is 0 Å². The number of likely N-dealkylation sites (tertiary alicyclic amines) is 1. The zero-order chi connectivity index (χ0) is 23.3. The first-order valence-corrected chi connectivity index (χ1v) is 11.3. The predicted octanol–water partition coefficient (Wildman–Crippen LogP) is 2.61. The van der Waals surface area contributed by atoms with Crippen LogP contribution in [0.15, 0.2) is 30.3 Å². The lowest BCUT2D eigenvalue weighted by molar-refractivity contribution is -0.151. The SMILES string of the molecule is COC(=O)[C@@H]1C[C@H](NC(C)(C)C)CC[C@@H]1N1CCC(NC(=O)OCc2ccccc2)C1=O. The Morgan fingerprint density at radius 1 is 1.12 bits per heavy atom. The molecule has 8 nitrogen and oxygen atoms in total. The van der Waals surface area contributed by atoms with Crippen molar-refractivity contribution in [2.75, 3.05) is 13.7 Å². The fourth-order valence-corrected chi connectivity index (χ4v) is 4.75. The summed E-state index contributed by atoms with van der Waals surface area (Å²) in [6.07, 6.45) is 2.08. The molecule has 2 aliphatic rings. The number of nitrogens with zero attached hydrogens (tertiary/aromatic N) is 1. The smallest absolute Gasteiger partial charge is 0.408 e. The zero-order valence-corrected chi connectivity index (χ0v) is 19.4. The summed E-state index contributed by atoms with van der Waals surface area (Å²) in [5.41, 5.74) is 0.820. The third-order valence-corrected chi connectivity index (χ3v) is 6.10. The minimum Gasteiger partial charge on any atom is -0.469 e. The van der Waals surface area contributed by atoms with Gasteiger partial charge < -0.3 is 25.0 Å². The summed E-state index contributed by atoms with van der Waals surface area (Å²) in [6.45, 7) is 6.95. The Labute approximate surface area is 190 Å². The van der Waals surface area contributed by atoms with E-state index in [1.807, 2.05) is 30.3 Å². The van der Waals surface area contributed by atoms with Crippen LogP contribution in [0.25, 0.3) is 0 Å². The number of rotatable bonds is 6. The van der Waals surface area contributed by atoms with Crippen molar-refractivity contribution in [3.05, 3.63) is 35.9 Å². The largest absolute Gasteiger partial charge is 0.469 e. The van der Waals surface area contributed by atoms with Gasteiger partial charge in [-0.3, -0.25) is 9.59 Å². The highest BCUT2D eigenvalue weighted by Crippen LogP contribution is 2.33. The van der Waals surface area contributed by atoms with Gasteiger partial charge in [-0.1, -0.05) is 30.3 Å². The van der Waals surface area contributed by atoms with Crippen LogP contribution in [0.2, 0.25) is 0 Å². The number of nitrogens with one attached hydrogen (secondary N) is 2. The van der Waals surface area contributed by atoms with Crippen LogP contribution in [-0.4, -0.2) is 60.2 Å². The number of carbonyl (C=O) groups is 3. The summed E-state index contributed by atoms with van der Waals surface area (Å²) in [5, 5.41) is 6.25. The van der Waals surface area contributed by atoms with Crippen LogP contribution in [-0.2, 0) is 25.7 Å². The molecule has 1 aromatic rings. The van der Waals surface area contributed by atoms with Gasteiger partial charge in [-0.15, -0.1) is 0 Å². The first-order chi connectivity index (χ1) is 15.2. The molecule has 2 N–H and O–H groups in total. The van der Waals surface area contributed by atoms with E-state index in [9.17, 15) is 14.4 Å². The maximum Gasteiger partial charge on any atom is 0.408 e. The number of ether oxygens (including phenoxy) is 2. The number of methoxy groups -OCH3 is 1. The van der Waals surface area contributed by atoms with E-state index in [-0.39, 0.29) is 42.0 Å². The third kappa shape index (κ3) is 6.22. The van der Waals surface area contributed by atoms with Crippen LogP contribution in [0.1, 0.15) is 52.0 Å². The Kier molecular flexibility index (Phi) is 7.77. The number of alkyl carbamates (subject to hydrolysis) is 1. The quantitative estimate of drug-likeness (QED) is 0.654. The Balaban J connectivity index is 1.58. The number of amides is 2. The molecule has 1 saturated carbocycles. The molecule has 0 bridgehead atoms. The highest BCUT2D eigenvalue weighted by Gasteiger charge is 2.45. The molecule has 1 saturated heterocycles. The van der Waals surface area contributed by atoms with E-state index in [2.05, 4.69) is 31.4 Å². The van der Waals surface area contributed by atoms with Crippen LogP contribution in [0.4, 0.5) is 4.79 Å². The number of esters is 1. The van der Waals surface area contributed by atoms with Crippen LogP contribution >= 0.6 is 0 Å². The fraction of sp³-hybridized carbons (Fsp3) is 0.625. The summed E-state index contributed by atoms with van der Waals surface area (Å²) in [4.78, 5) is 39.6. The molecule has 1 unspecified atom stereocenters. The standard InChI is InChI=1S/C24H35N3O5/c1-24(2,3)26-17-10-11-20(18(14-17)22(29)31-4)27-13-12-19(21(27)28)25-23(30)32-15-16-8-6-5-7-9-16/h5-9,17-20,26H,10-15H2,1-4H3,(H,25,30)/t17-,18-,19?,20+/m1/s1. The Morgan fingerprint density at radius 3 is 2.50 bits per heavy atom. The molecule has 4 atom stereocenters. The molecule has 1 aliphatic carbocycles. The van der Waals surface area contributed by atoms with Crippen molar-refractivity contribution in [3.8, 4) is 0 Å². The van der Waals surface area contributed by atoms with E-state index in [1.165, 1.54) is 7.11 Å². The molecule has 0 radical (unpaired) electrons. The molecule has 2 amide bonds. The lowest BCUT2D eigenvalue weighted by Crippen LogP contribution is -2.55. The van der Waals surface area contributed by atoms with Crippen molar-refractivity contribution in [2.24, 2.45) is 5.92 Å². The van der Waals surface area contributed by atoms with E-state index in [1.54, 1.807) is 4.90 Å². The van der Waals surface area contributed by atoms with Gasteiger partial charge in [0.2, 0.25) is 5.91 Å². The van der Waals surface area contributed by atoms with E-state index < -0.39 is 12.1 Å². The molecular formula is C24H35N3O5. The first kappa shape index (κ1) is 24.0. The highest BCUT2D eigenvalue weighted by molar-refractivity contribution is 5.88. The van der Waals surface area contributed by atoms with Gasteiger partial charge in [0.15, 0.2) is 0 Å². The van der Waals surface area contributed by atoms with Crippen molar-refractivity contribution in [1.82, 2.24) is 15.5 Å². The normalized spacial score (nSPS) is 26.0. The molecule has 8 heteroatoms. The highest BCUT2D eigenvalue weighted by atomic mass is 16.5. The van der Waals surface area contributed by atoms with Crippen molar-refractivity contribution in [1.29, 1.82) is 0 Å². The number of carbonyl (C=O) groups excluding carboxylic acids is 3. The fourth-order valence-electron chi connectivity index (χ4n) is 4.75. The van der Waals surface area contributed by atoms with Crippen LogP contribution in [0, 0.1) is 5.92 Å². The van der Waals surface area contributed by atoms with Crippen molar-refractivity contribution in [3.63, 3.8) is 0 Å². The predicted molar refractivity (Wildman–Crippen MR) is 120 cm³/mol. The Morgan fingerprint density at radius 2 is 1.84 bits per heavy atom. The van der Waals surface area contributed by atoms with Crippen molar-refractivity contribution < 1.29 is 23.9 Å². The molecule has 176 valence electrons. The maximum atomic E-state index is 13.1. The molecule has 0 aromatic heterocycles. The van der Waals surface area contributed by atoms with Gasteiger partial charge in [-0.25, -0.2) is 4.79 Å². The summed E-state index contributed by atoms with van der Waals surface area (Å²) >= 11 is 0. The van der Waals surface area contributed by atoms with Gasteiger partial charge in [0.1, 0.15) is 12.6 Å². The summed E-state index contributed by atoms with van der Waals surface area (Å²) < 4.78 is 10.3. The van der Waals surface area contributed by atoms with E-state index in [0.29, 0.717) is 25.8 Å². The van der Waals surface area contributed by atoms with Crippen LogP contribution in [0.3, 0.4) is 0 Å². The number of hydrogen-bond acceptors (Lipinski definition) is 6. The van der Waals surface area contributed by atoms with Gasteiger partial charge in [0.25, 0.3) is 0 Å². The van der Waals surface area contributed by atoms with Gasteiger partial charge >= 0.3 is 12.1 Å². The monoisotopic (exact) mass is 445 g/mol. The zero-order valence-electron chi connectivity index (χ0n) is 19.4. The summed E-state index contributed by atoms with van der Waals surface area (Å²) in [5.74, 6) is -0.842. The second-order valence-corrected chi connectivity index (χ2v) is 9.68. The minimum absolute atomic E-state index is 0.0588. The first-order valence-electron chi connectivity index (χ1n) is 11.3. The Bertz CT molecular complexity index is 808. The minimum atomic E-state index is -0.637. The molecule has 32 heavy (non-hydrogen) atoms. The molecular weight excluding hydrogens is 410 g/mol. The lowest BCUT2D eigenvalue weighted by atomic mass is 9.80. The van der Waals surface area contributed by atoms with E-state index >= 15 is 0 Å². The van der Waals surface area contributed by atoms with E-state index in [4.69, 9.17) is 9.47 Å². The Hall–Kier alpha value is -2.61. The third-order valence-electron chi connectivity index (χ3n) is 6.10. The van der Waals surface area contributed by atoms with Crippen LogP contribution in [0.5, 0.6) is 0 Å². The average Bonchev–Trinajstić information content (AvgIpc) is 3.11. The van der Waals surface area contributed by atoms with Gasteiger partial charge in [0.05, 0.1) is 13.0 Å². The molecule has 2 fully saturated rings. The number of benzene rings is 1.